The smallest absolute Gasteiger partial charge is 0.181 e. The van der Waals surface area contributed by atoms with Crippen LogP contribution in [0.25, 0.3) is 0 Å². The van der Waals surface area contributed by atoms with Crippen molar-refractivity contribution in [3.63, 3.8) is 0 Å². The molecule has 0 heterocycles. The van der Waals surface area contributed by atoms with Gasteiger partial charge in [0.05, 0.1) is 11.6 Å². The van der Waals surface area contributed by atoms with Crippen LogP contribution in [0.3, 0.4) is 0 Å². The van der Waals surface area contributed by atoms with Gasteiger partial charge in [-0.2, -0.15) is 0 Å². The lowest BCUT2D eigenvalue weighted by Gasteiger charge is -2.34. The molecule has 0 bridgehead atoms. The Morgan fingerprint density at radius 2 is 1.83 bits per heavy atom. The van der Waals surface area contributed by atoms with Crippen LogP contribution in [-0.4, -0.2) is 36.4 Å². The fourth-order valence-electron chi connectivity index (χ4n) is 1.76. The Labute approximate surface area is 110 Å². The lowest BCUT2D eigenvalue weighted by molar-refractivity contribution is -0.142. The predicted octanol–water partition coefficient (Wildman–Crippen LogP) is 2.11. The van der Waals surface area contributed by atoms with Crippen LogP contribution >= 0.6 is 0 Å². The molecule has 18 heavy (non-hydrogen) atoms. The van der Waals surface area contributed by atoms with E-state index in [9.17, 15) is 9.59 Å². The number of ketones is 1. The molecule has 4 nitrogen and oxygen atoms in total. The standard InChI is InChI=1S/C14H27NO3/c1-7-11(15-13(4,8-2)10-16)12(17)14(5,9-3)18-6/h10-11,15H,7-9H2,1-6H3. The van der Waals surface area contributed by atoms with Gasteiger partial charge in [-0.05, 0) is 33.1 Å². The quantitative estimate of drug-likeness (QED) is 0.643. The van der Waals surface area contributed by atoms with Crippen LogP contribution in [0.1, 0.15) is 53.9 Å². The van der Waals surface area contributed by atoms with E-state index in [1.165, 1.54) is 0 Å². The van der Waals surface area contributed by atoms with E-state index in [0.717, 1.165) is 6.29 Å². The second kappa shape index (κ2) is 7.00. The zero-order valence-corrected chi connectivity index (χ0v) is 12.5. The van der Waals surface area contributed by atoms with Crippen molar-refractivity contribution in [2.45, 2.75) is 71.1 Å². The van der Waals surface area contributed by atoms with Gasteiger partial charge in [0.15, 0.2) is 5.78 Å². The van der Waals surface area contributed by atoms with Gasteiger partial charge in [0, 0.05) is 7.11 Å². The minimum absolute atomic E-state index is 0.0107. The molecule has 0 spiro atoms. The summed E-state index contributed by atoms with van der Waals surface area (Å²) in [4.78, 5) is 23.6. The number of carbonyl (C=O) groups excluding carboxylic acids is 2. The summed E-state index contributed by atoms with van der Waals surface area (Å²) in [5, 5.41) is 3.16. The lowest BCUT2D eigenvalue weighted by Crippen LogP contribution is -2.56. The van der Waals surface area contributed by atoms with Gasteiger partial charge in [-0.25, -0.2) is 0 Å². The molecule has 0 saturated heterocycles. The summed E-state index contributed by atoms with van der Waals surface area (Å²) in [6.07, 6.45) is 2.78. The lowest BCUT2D eigenvalue weighted by atomic mass is 9.88. The van der Waals surface area contributed by atoms with Gasteiger partial charge in [-0.15, -0.1) is 0 Å². The van der Waals surface area contributed by atoms with E-state index >= 15 is 0 Å². The predicted molar refractivity (Wildman–Crippen MR) is 72.7 cm³/mol. The topological polar surface area (TPSA) is 55.4 Å². The Morgan fingerprint density at radius 1 is 1.28 bits per heavy atom. The normalized spacial score (nSPS) is 19.7. The van der Waals surface area contributed by atoms with E-state index in [1.54, 1.807) is 14.0 Å². The molecule has 0 fully saturated rings. The van der Waals surface area contributed by atoms with Crippen LogP contribution in [0.15, 0.2) is 0 Å². The summed E-state index contributed by atoms with van der Waals surface area (Å²) < 4.78 is 5.34. The molecular formula is C14H27NO3. The molecule has 0 saturated carbocycles. The van der Waals surface area contributed by atoms with E-state index < -0.39 is 11.1 Å². The molecule has 106 valence electrons. The highest BCUT2D eigenvalue weighted by molar-refractivity contribution is 5.92. The highest BCUT2D eigenvalue weighted by Gasteiger charge is 2.38. The van der Waals surface area contributed by atoms with E-state index in [0.29, 0.717) is 19.3 Å². The van der Waals surface area contributed by atoms with Crippen molar-refractivity contribution in [3.05, 3.63) is 0 Å². The Hall–Kier alpha value is -0.740. The fraction of sp³-hybridized carbons (Fsp3) is 0.857. The first-order valence-electron chi connectivity index (χ1n) is 6.65. The molecule has 0 radical (unpaired) electrons. The zero-order chi connectivity index (χ0) is 14.4. The maximum atomic E-state index is 12.5. The number of aldehydes is 1. The molecule has 0 aliphatic carbocycles. The molecule has 3 atom stereocenters. The first-order valence-corrected chi connectivity index (χ1v) is 6.65. The number of Topliss-reactive ketones (excluding diaryl/α,β-unsaturated/α-hetero) is 1. The van der Waals surface area contributed by atoms with Crippen LogP contribution in [0, 0.1) is 0 Å². The van der Waals surface area contributed by atoms with Gasteiger partial charge < -0.3 is 9.53 Å². The first kappa shape index (κ1) is 17.3. The zero-order valence-electron chi connectivity index (χ0n) is 12.5. The van der Waals surface area contributed by atoms with Crippen LogP contribution in [0.5, 0.6) is 0 Å². The molecule has 3 unspecified atom stereocenters. The third-order valence-electron chi connectivity index (χ3n) is 3.87. The Kier molecular flexibility index (Phi) is 6.71. The van der Waals surface area contributed by atoms with Crippen LogP contribution in [0.4, 0.5) is 0 Å². The average Bonchev–Trinajstić information content (AvgIpc) is 2.42. The minimum Gasteiger partial charge on any atom is -0.371 e. The fourth-order valence-corrected chi connectivity index (χ4v) is 1.76. The number of nitrogens with one attached hydrogen (secondary N) is 1. The number of carbonyl (C=O) groups is 2. The molecule has 0 aromatic rings. The third-order valence-corrected chi connectivity index (χ3v) is 3.87. The number of hydrogen-bond donors (Lipinski definition) is 1. The van der Waals surface area contributed by atoms with Gasteiger partial charge >= 0.3 is 0 Å². The molecular weight excluding hydrogens is 230 g/mol. The first-order chi connectivity index (χ1) is 8.32. The SMILES string of the molecule is CCC(NC(C)(C=O)CC)C(=O)C(C)(CC)OC. The highest BCUT2D eigenvalue weighted by Crippen LogP contribution is 2.20. The number of ether oxygens (including phenoxy) is 1. The van der Waals surface area contributed by atoms with E-state index in [1.807, 2.05) is 27.7 Å². The second-order valence-electron chi connectivity index (χ2n) is 5.15. The van der Waals surface area contributed by atoms with Crippen molar-refractivity contribution < 1.29 is 14.3 Å². The molecule has 1 N–H and O–H groups in total. The number of hydrogen-bond acceptors (Lipinski definition) is 4. The summed E-state index contributed by atoms with van der Waals surface area (Å²) in [6.45, 7) is 9.39. The van der Waals surface area contributed by atoms with Crippen molar-refractivity contribution in [1.82, 2.24) is 5.32 Å². The van der Waals surface area contributed by atoms with Crippen molar-refractivity contribution >= 4 is 12.1 Å². The van der Waals surface area contributed by atoms with E-state index in [-0.39, 0.29) is 11.8 Å². The summed E-state index contributed by atoms with van der Waals surface area (Å²) in [7, 11) is 1.55. The molecule has 0 aliphatic heterocycles. The molecule has 0 aromatic carbocycles. The van der Waals surface area contributed by atoms with Gasteiger partial charge in [-0.3, -0.25) is 10.1 Å². The van der Waals surface area contributed by atoms with Crippen molar-refractivity contribution in [2.75, 3.05) is 7.11 Å². The molecule has 0 rings (SSSR count). The van der Waals surface area contributed by atoms with Crippen LogP contribution in [0.2, 0.25) is 0 Å². The summed E-state index contributed by atoms with van der Waals surface area (Å²) in [6, 6.07) is -0.356. The molecule has 4 heteroatoms. The maximum absolute atomic E-state index is 12.5. The maximum Gasteiger partial charge on any atom is 0.181 e. The van der Waals surface area contributed by atoms with Gasteiger partial charge in [-0.1, -0.05) is 20.8 Å². The van der Waals surface area contributed by atoms with Gasteiger partial charge in [0.25, 0.3) is 0 Å². The Balaban J connectivity index is 4.99. The number of methoxy groups -OCH3 is 1. The monoisotopic (exact) mass is 257 g/mol. The van der Waals surface area contributed by atoms with E-state index in [2.05, 4.69) is 5.32 Å². The van der Waals surface area contributed by atoms with Crippen molar-refractivity contribution in [2.24, 2.45) is 0 Å². The van der Waals surface area contributed by atoms with E-state index in [4.69, 9.17) is 4.74 Å². The summed E-state index contributed by atoms with van der Waals surface area (Å²) >= 11 is 0. The minimum atomic E-state index is -0.786. The summed E-state index contributed by atoms with van der Waals surface area (Å²) in [5.41, 5.74) is -1.44. The van der Waals surface area contributed by atoms with Crippen molar-refractivity contribution in [3.8, 4) is 0 Å². The van der Waals surface area contributed by atoms with Crippen molar-refractivity contribution in [1.29, 1.82) is 0 Å². The summed E-state index contributed by atoms with van der Waals surface area (Å²) in [5.74, 6) is 0.0107. The van der Waals surface area contributed by atoms with Gasteiger partial charge in [0.2, 0.25) is 0 Å². The molecule has 0 aliphatic rings. The molecule has 0 amide bonds. The van der Waals surface area contributed by atoms with Crippen LogP contribution in [-0.2, 0) is 14.3 Å². The largest absolute Gasteiger partial charge is 0.371 e. The van der Waals surface area contributed by atoms with Gasteiger partial charge in [0.1, 0.15) is 11.9 Å². The third kappa shape index (κ3) is 3.89. The Bertz CT molecular complexity index is 287. The highest BCUT2D eigenvalue weighted by atomic mass is 16.5. The van der Waals surface area contributed by atoms with Crippen LogP contribution < -0.4 is 5.32 Å². The Morgan fingerprint density at radius 3 is 2.11 bits per heavy atom. The second-order valence-corrected chi connectivity index (χ2v) is 5.15. The average molecular weight is 257 g/mol. The molecule has 0 aromatic heterocycles. The number of rotatable bonds is 9.